The molecule has 1 amide bonds. The Kier molecular flexibility index (Phi) is 4.56. The van der Waals surface area contributed by atoms with E-state index in [2.05, 4.69) is 5.32 Å². The molecule has 5 heteroatoms. The number of ether oxygens (including phenoxy) is 1. The van der Waals surface area contributed by atoms with Gasteiger partial charge in [0, 0.05) is 6.04 Å². The highest BCUT2D eigenvalue weighted by molar-refractivity contribution is 5.68. The normalized spacial score (nSPS) is 26.2. The van der Waals surface area contributed by atoms with Crippen molar-refractivity contribution >= 4 is 6.09 Å². The second kappa shape index (κ2) is 5.50. The van der Waals surface area contributed by atoms with Gasteiger partial charge in [-0.05, 0) is 46.5 Å². The molecule has 5 nitrogen and oxygen atoms in total. The number of nitrogens with two attached hydrogens (primary N) is 1. The van der Waals surface area contributed by atoms with Crippen molar-refractivity contribution in [3.8, 4) is 0 Å². The van der Waals surface area contributed by atoms with Crippen molar-refractivity contribution < 1.29 is 14.4 Å². The third-order valence-electron chi connectivity index (χ3n) is 2.59. The molecule has 0 radical (unpaired) electrons. The summed E-state index contributed by atoms with van der Waals surface area (Å²) < 4.78 is 5.19. The molecule has 0 saturated heterocycles. The third-order valence-corrected chi connectivity index (χ3v) is 2.59. The van der Waals surface area contributed by atoms with Crippen molar-refractivity contribution in [2.45, 2.75) is 64.2 Å². The highest BCUT2D eigenvalue weighted by atomic mass is 16.6. The molecule has 1 rings (SSSR count). The summed E-state index contributed by atoms with van der Waals surface area (Å²) >= 11 is 0. The minimum Gasteiger partial charge on any atom is -0.444 e. The third kappa shape index (κ3) is 4.81. The minimum atomic E-state index is -0.443. The van der Waals surface area contributed by atoms with Crippen molar-refractivity contribution in [2.75, 3.05) is 0 Å². The van der Waals surface area contributed by atoms with Gasteiger partial charge >= 0.3 is 6.09 Å². The summed E-state index contributed by atoms with van der Waals surface area (Å²) in [5.41, 5.74) is -0.443. The first-order valence-electron chi connectivity index (χ1n) is 5.76. The fourth-order valence-corrected chi connectivity index (χ4v) is 1.82. The quantitative estimate of drug-likeness (QED) is 0.708. The number of nitrogens with one attached hydrogen (secondary N) is 1. The van der Waals surface area contributed by atoms with Crippen LogP contribution in [0.15, 0.2) is 0 Å². The molecule has 1 aliphatic carbocycles. The van der Waals surface area contributed by atoms with Gasteiger partial charge in [0.05, 0.1) is 6.10 Å². The van der Waals surface area contributed by atoms with Crippen LogP contribution in [0.1, 0.15) is 46.5 Å². The zero-order valence-corrected chi connectivity index (χ0v) is 10.3. The Labute approximate surface area is 96.6 Å². The Bertz CT molecular complexity index is 230. The standard InChI is InChI=1S/C11H22N2O3/c1-11(2,3)15-10(14)13-8-4-6-9(16-12)7-5-8/h8-9H,4-7,12H2,1-3H3,(H,13,14). The first kappa shape index (κ1) is 13.3. The second-order valence-electron chi connectivity index (χ2n) is 5.26. The smallest absolute Gasteiger partial charge is 0.407 e. The molecule has 1 aliphatic rings. The predicted molar refractivity (Wildman–Crippen MR) is 60.7 cm³/mol. The van der Waals surface area contributed by atoms with E-state index in [0.29, 0.717) is 0 Å². The Balaban J connectivity index is 2.26. The summed E-state index contributed by atoms with van der Waals surface area (Å²) in [5, 5.41) is 2.86. The molecule has 16 heavy (non-hydrogen) atoms. The maximum Gasteiger partial charge on any atom is 0.407 e. The van der Waals surface area contributed by atoms with Gasteiger partial charge in [0.1, 0.15) is 5.60 Å². The lowest BCUT2D eigenvalue weighted by atomic mass is 9.93. The van der Waals surface area contributed by atoms with Crippen LogP contribution < -0.4 is 11.2 Å². The van der Waals surface area contributed by atoms with Crippen LogP contribution in [-0.2, 0) is 9.57 Å². The van der Waals surface area contributed by atoms with Gasteiger partial charge in [-0.15, -0.1) is 0 Å². The molecule has 0 aliphatic heterocycles. The Morgan fingerprint density at radius 1 is 1.25 bits per heavy atom. The van der Waals surface area contributed by atoms with Gasteiger partial charge in [-0.2, -0.15) is 0 Å². The number of hydrogen-bond acceptors (Lipinski definition) is 4. The van der Waals surface area contributed by atoms with Gasteiger partial charge in [0.15, 0.2) is 0 Å². The van der Waals surface area contributed by atoms with E-state index in [0.717, 1.165) is 25.7 Å². The maximum absolute atomic E-state index is 11.5. The lowest BCUT2D eigenvalue weighted by Crippen LogP contribution is -2.42. The van der Waals surface area contributed by atoms with Crippen LogP contribution in [0.2, 0.25) is 0 Å². The van der Waals surface area contributed by atoms with E-state index >= 15 is 0 Å². The van der Waals surface area contributed by atoms with Crippen LogP contribution in [0.25, 0.3) is 0 Å². The molecule has 0 heterocycles. The van der Waals surface area contributed by atoms with Crippen molar-refractivity contribution in [1.29, 1.82) is 0 Å². The number of carbonyl (C=O) groups is 1. The SMILES string of the molecule is CC(C)(C)OC(=O)NC1CCC(ON)CC1. The lowest BCUT2D eigenvalue weighted by molar-refractivity contribution is 0.0174. The number of carbonyl (C=O) groups excluding carboxylic acids is 1. The molecule has 0 aromatic heterocycles. The zero-order valence-electron chi connectivity index (χ0n) is 10.3. The topological polar surface area (TPSA) is 73.6 Å². The molecule has 1 saturated carbocycles. The Morgan fingerprint density at radius 3 is 2.25 bits per heavy atom. The van der Waals surface area contributed by atoms with E-state index in [1.54, 1.807) is 0 Å². The fourth-order valence-electron chi connectivity index (χ4n) is 1.82. The van der Waals surface area contributed by atoms with Crippen molar-refractivity contribution in [3.05, 3.63) is 0 Å². The first-order valence-corrected chi connectivity index (χ1v) is 5.76. The van der Waals surface area contributed by atoms with Crippen LogP contribution in [-0.4, -0.2) is 23.8 Å². The summed E-state index contributed by atoms with van der Waals surface area (Å²) in [4.78, 5) is 16.3. The van der Waals surface area contributed by atoms with Crippen molar-refractivity contribution in [2.24, 2.45) is 5.90 Å². The van der Waals surface area contributed by atoms with E-state index in [1.807, 2.05) is 20.8 Å². The van der Waals surface area contributed by atoms with Crippen LogP contribution >= 0.6 is 0 Å². The average Bonchev–Trinajstić information content (AvgIpc) is 2.16. The number of amides is 1. The molecular formula is C11H22N2O3. The van der Waals surface area contributed by atoms with Crippen LogP contribution in [0, 0.1) is 0 Å². The summed E-state index contributed by atoms with van der Waals surface area (Å²) in [6.45, 7) is 5.56. The van der Waals surface area contributed by atoms with E-state index in [-0.39, 0.29) is 18.2 Å². The monoisotopic (exact) mass is 230 g/mol. The molecule has 0 bridgehead atoms. The molecule has 1 fully saturated rings. The van der Waals surface area contributed by atoms with Crippen LogP contribution in [0.5, 0.6) is 0 Å². The summed E-state index contributed by atoms with van der Waals surface area (Å²) in [6.07, 6.45) is 3.34. The molecule has 0 aromatic carbocycles. The molecule has 0 spiro atoms. The average molecular weight is 230 g/mol. The molecular weight excluding hydrogens is 208 g/mol. The van der Waals surface area contributed by atoms with E-state index < -0.39 is 5.60 Å². The van der Waals surface area contributed by atoms with Crippen molar-refractivity contribution in [3.63, 3.8) is 0 Å². The van der Waals surface area contributed by atoms with Gasteiger partial charge in [-0.1, -0.05) is 0 Å². The number of hydrogen-bond donors (Lipinski definition) is 2. The van der Waals surface area contributed by atoms with Crippen molar-refractivity contribution in [1.82, 2.24) is 5.32 Å². The van der Waals surface area contributed by atoms with E-state index in [9.17, 15) is 4.79 Å². The highest BCUT2D eigenvalue weighted by Crippen LogP contribution is 2.20. The molecule has 0 atom stereocenters. The summed E-state index contributed by atoms with van der Waals surface area (Å²) in [7, 11) is 0. The largest absolute Gasteiger partial charge is 0.444 e. The summed E-state index contributed by atoms with van der Waals surface area (Å²) in [6, 6.07) is 0.182. The van der Waals surface area contributed by atoms with E-state index in [1.165, 1.54) is 0 Å². The molecule has 94 valence electrons. The van der Waals surface area contributed by atoms with Gasteiger partial charge in [0.2, 0.25) is 0 Å². The lowest BCUT2D eigenvalue weighted by Gasteiger charge is -2.28. The highest BCUT2D eigenvalue weighted by Gasteiger charge is 2.24. The Hall–Kier alpha value is -0.810. The molecule has 0 aromatic rings. The minimum absolute atomic E-state index is 0.136. The fraction of sp³-hybridized carbons (Fsp3) is 0.909. The maximum atomic E-state index is 11.5. The molecule has 3 N–H and O–H groups in total. The number of rotatable bonds is 2. The van der Waals surface area contributed by atoms with Gasteiger partial charge in [0.25, 0.3) is 0 Å². The summed E-state index contributed by atoms with van der Waals surface area (Å²) in [5.74, 6) is 5.12. The van der Waals surface area contributed by atoms with E-state index in [4.69, 9.17) is 15.5 Å². The van der Waals surface area contributed by atoms with Gasteiger partial charge < -0.3 is 14.9 Å². The number of alkyl carbamates (subject to hydrolysis) is 1. The zero-order chi connectivity index (χ0) is 12.2. The first-order chi connectivity index (χ1) is 7.40. The van der Waals surface area contributed by atoms with Crippen LogP contribution in [0.4, 0.5) is 4.79 Å². The van der Waals surface area contributed by atoms with Crippen LogP contribution in [0.3, 0.4) is 0 Å². The van der Waals surface area contributed by atoms with Gasteiger partial charge in [-0.3, -0.25) is 0 Å². The second-order valence-corrected chi connectivity index (χ2v) is 5.26. The predicted octanol–water partition coefficient (Wildman–Crippen LogP) is 1.71. The molecule has 0 unspecified atom stereocenters. The van der Waals surface area contributed by atoms with Gasteiger partial charge in [-0.25, -0.2) is 10.7 Å². The Morgan fingerprint density at radius 2 is 1.81 bits per heavy atom.